The summed E-state index contributed by atoms with van der Waals surface area (Å²) in [7, 11) is 0. The summed E-state index contributed by atoms with van der Waals surface area (Å²) in [6.45, 7) is 0. The van der Waals surface area contributed by atoms with Gasteiger partial charge in [0.25, 0.3) is 0 Å². The molecule has 108 valence electrons. The normalized spacial score (nSPS) is 10.2. The molecule has 21 heavy (non-hydrogen) atoms. The third-order valence-electron chi connectivity index (χ3n) is 2.50. The minimum absolute atomic E-state index is 0.178. The van der Waals surface area contributed by atoms with Gasteiger partial charge in [-0.15, -0.1) is 0 Å². The number of carbonyl (C=O) groups is 1. The van der Waals surface area contributed by atoms with Crippen molar-refractivity contribution >= 4 is 23.6 Å². The van der Waals surface area contributed by atoms with Crippen LogP contribution in [0.4, 0.5) is 14.5 Å². The molecule has 0 spiro atoms. The van der Waals surface area contributed by atoms with E-state index in [0.717, 1.165) is 18.2 Å². The zero-order valence-electron chi connectivity index (χ0n) is 10.2. The van der Waals surface area contributed by atoms with Gasteiger partial charge in [-0.3, -0.25) is 14.9 Å². The van der Waals surface area contributed by atoms with Gasteiger partial charge < -0.3 is 4.74 Å². The smallest absolute Gasteiger partial charge is 0.313 e. The molecule has 0 N–H and O–H groups in total. The van der Waals surface area contributed by atoms with E-state index in [0.29, 0.717) is 0 Å². The van der Waals surface area contributed by atoms with Crippen LogP contribution in [0.3, 0.4) is 0 Å². The zero-order chi connectivity index (χ0) is 15.6. The van der Waals surface area contributed by atoms with E-state index in [1.165, 1.54) is 12.1 Å². The van der Waals surface area contributed by atoms with Crippen molar-refractivity contribution in [3.8, 4) is 11.5 Å². The average molecular weight is 314 g/mol. The van der Waals surface area contributed by atoms with Crippen LogP contribution in [-0.2, 0) is 0 Å². The molecule has 0 aliphatic rings. The highest BCUT2D eigenvalue weighted by molar-refractivity contribution is 6.32. The Morgan fingerprint density at radius 3 is 2.33 bits per heavy atom. The highest BCUT2D eigenvalue weighted by Crippen LogP contribution is 2.39. The molecule has 0 atom stereocenters. The second-order valence-electron chi connectivity index (χ2n) is 3.88. The lowest BCUT2D eigenvalue weighted by atomic mass is 10.2. The predicted molar refractivity (Wildman–Crippen MR) is 69.9 cm³/mol. The topological polar surface area (TPSA) is 69.4 Å². The van der Waals surface area contributed by atoms with Crippen molar-refractivity contribution < 1.29 is 23.2 Å². The SMILES string of the molecule is O=Cc1cc(F)c(Oc2c(Cl)cccc2[N+](=O)[O-])c(F)c1. The third-order valence-corrected chi connectivity index (χ3v) is 2.80. The number of carbonyl (C=O) groups excluding carboxylic acids is 1. The van der Waals surface area contributed by atoms with E-state index in [-0.39, 0.29) is 16.9 Å². The molecule has 0 bridgehead atoms. The number of nitrogens with zero attached hydrogens (tertiary/aromatic N) is 1. The molecule has 0 aromatic heterocycles. The summed E-state index contributed by atoms with van der Waals surface area (Å²) < 4.78 is 32.3. The van der Waals surface area contributed by atoms with E-state index in [4.69, 9.17) is 16.3 Å². The summed E-state index contributed by atoms with van der Waals surface area (Å²) in [5.41, 5.74) is -0.772. The fourth-order valence-corrected chi connectivity index (χ4v) is 1.80. The second-order valence-corrected chi connectivity index (χ2v) is 4.29. The molecular formula is C13H6ClF2NO4. The minimum Gasteiger partial charge on any atom is -0.442 e. The Morgan fingerprint density at radius 1 is 1.19 bits per heavy atom. The van der Waals surface area contributed by atoms with E-state index in [1.807, 2.05) is 0 Å². The van der Waals surface area contributed by atoms with Crippen molar-refractivity contribution in [1.29, 1.82) is 0 Å². The van der Waals surface area contributed by atoms with E-state index in [9.17, 15) is 23.7 Å². The molecule has 2 aromatic carbocycles. The summed E-state index contributed by atoms with van der Waals surface area (Å²) in [6, 6.07) is 5.15. The third kappa shape index (κ3) is 2.97. The summed E-state index contributed by atoms with van der Waals surface area (Å²) >= 11 is 5.76. The van der Waals surface area contributed by atoms with Crippen molar-refractivity contribution in [2.45, 2.75) is 0 Å². The van der Waals surface area contributed by atoms with Crippen molar-refractivity contribution in [2.24, 2.45) is 0 Å². The molecule has 0 radical (unpaired) electrons. The van der Waals surface area contributed by atoms with Crippen LogP contribution in [0, 0.1) is 21.7 Å². The number of hydrogen-bond acceptors (Lipinski definition) is 4. The number of aldehydes is 1. The molecule has 0 heterocycles. The Kier molecular flexibility index (Phi) is 4.13. The quantitative estimate of drug-likeness (QED) is 0.483. The van der Waals surface area contributed by atoms with Gasteiger partial charge in [-0.2, -0.15) is 0 Å². The standard InChI is InChI=1S/C13H6ClF2NO4/c14-8-2-1-3-11(17(19)20)12(8)21-13-9(15)4-7(6-18)5-10(13)16/h1-6H. The number of hydrogen-bond donors (Lipinski definition) is 0. The van der Waals surface area contributed by atoms with Gasteiger partial charge in [0.1, 0.15) is 6.29 Å². The molecule has 5 nitrogen and oxygen atoms in total. The number of benzene rings is 2. The number of ether oxygens (including phenoxy) is 1. The van der Waals surface area contributed by atoms with E-state index < -0.39 is 33.7 Å². The van der Waals surface area contributed by atoms with Crippen LogP contribution in [0.1, 0.15) is 10.4 Å². The van der Waals surface area contributed by atoms with Crippen molar-refractivity contribution in [1.82, 2.24) is 0 Å². The first-order valence-corrected chi connectivity index (χ1v) is 5.87. The molecule has 0 unspecified atom stereocenters. The number of nitro benzene ring substituents is 1. The second kappa shape index (κ2) is 5.84. The summed E-state index contributed by atoms with van der Waals surface area (Å²) in [6.07, 6.45) is 0.258. The van der Waals surface area contributed by atoms with Crippen LogP contribution >= 0.6 is 11.6 Å². The van der Waals surface area contributed by atoms with Gasteiger partial charge in [0, 0.05) is 11.6 Å². The fraction of sp³-hybridized carbons (Fsp3) is 0. The van der Waals surface area contributed by atoms with Gasteiger partial charge in [0.2, 0.25) is 5.75 Å². The summed E-state index contributed by atoms with van der Waals surface area (Å²) in [4.78, 5) is 20.6. The molecule has 0 aliphatic heterocycles. The minimum atomic E-state index is -1.17. The lowest BCUT2D eigenvalue weighted by Crippen LogP contribution is -1.98. The lowest BCUT2D eigenvalue weighted by molar-refractivity contribution is -0.385. The molecule has 0 saturated heterocycles. The maximum Gasteiger partial charge on any atom is 0.313 e. The Balaban J connectivity index is 2.53. The van der Waals surface area contributed by atoms with Crippen LogP contribution in [0.25, 0.3) is 0 Å². The monoisotopic (exact) mass is 313 g/mol. The van der Waals surface area contributed by atoms with Gasteiger partial charge in [0.05, 0.1) is 9.95 Å². The Hall–Kier alpha value is -2.54. The maximum atomic E-state index is 13.7. The first-order valence-electron chi connectivity index (χ1n) is 5.49. The molecular weight excluding hydrogens is 308 g/mol. The van der Waals surface area contributed by atoms with Gasteiger partial charge in [-0.05, 0) is 18.2 Å². The first-order chi connectivity index (χ1) is 9.93. The van der Waals surface area contributed by atoms with Gasteiger partial charge in [0.15, 0.2) is 17.4 Å². The summed E-state index contributed by atoms with van der Waals surface area (Å²) in [5, 5.41) is 10.7. The van der Waals surface area contributed by atoms with E-state index in [1.54, 1.807) is 0 Å². The van der Waals surface area contributed by atoms with Gasteiger partial charge in [-0.1, -0.05) is 17.7 Å². The van der Waals surface area contributed by atoms with Crippen LogP contribution in [-0.4, -0.2) is 11.2 Å². The number of para-hydroxylation sites is 1. The van der Waals surface area contributed by atoms with Crippen molar-refractivity contribution in [2.75, 3.05) is 0 Å². The highest BCUT2D eigenvalue weighted by atomic mass is 35.5. The zero-order valence-corrected chi connectivity index (χ0v) is 10.9. The Morgan fingerprint density at radius 2 is 1.81 bits per heavy atom. The molecule has 2 rings (SSSR count). The first kappa shape index (κ1) is 14.9. The fourth-order valence-electron chi connectivity index (χ4n) is 1.59. The average Bonchev–Trinajstić information content (AvgIpc) is 2.43. The molecule has 8 heteroatoms. The molecule has 2 aromatic rings. The highest BCUT2D eigenvalue weighted by Gasteiger charge is 2.22. The van der Waals surface area contributed by atoms with Gasteiger partial charge >= 0.3 is 5.69 Å². The molecule has 0 saturated carbocycles. The number of nitro groups is 1. The molecule has 0 aliphatic carbocycles. The summed E-state index contributed by atoms with van der Waals surface area (Å²) in [5.74, 6) is -3.71. The van der Waals surface area contributed by atoms with Crippen molar-refractivity contribution in [3.63, 3.8) is 0 Å². The van der Waals surface area contributed by atoms with Crippen LogP contribution in [0.5, 0.6) is 11.5 Å². The maximum absolute atomic E-state index is 13.7. The molecule has 0 amide bonds. The Labute approximate surface area is 121 Å². The number of rotatable bonds is 4. The van der Waals surface area contributed by atoms with Crippen molar-refractivity contribution in [3.05, 3.63) is 62.7 Å². The number of halogens is 3. The molecule has 0 fully saturated rings. The Bertz CT molecular complexity index is 713. The predicted octanol–water partition coefficient (Wildman–Crippen LogP) is 4.13. The largest absolute Gasteiger partial charge is 0.442 e. The van der Waals surface area contributed by atoms with Crippen LogP contribution < -0.4 is 4.74 Å². The van der Waals surface area contributed by atoms with E-state index >= 15 is 0 Å². The lowest BCUT2D eigenvalue weighted by Gasteiger charge is -2.10. The van der Waals surface area contributed by atoms with Crippen LogP contribution in [0.15, 0.2) is 30.3 Å². The van der Waals surface area contributed by atoms with E-state index in [2.05, 4.69) is 0 Å². The van der Waals surface area contributed by atoms with Gasteiger partial charge in [-0.25, -0.2) is 8.78 Å². The van der Waals surface area contributed by atoms with Crippen LogP contribution in [0.2, 0.25) is 5.02 Å².